The highest BCUT2D eigenvalue weighted by Gasteiger charge is 2.64. The molecule has 0 aromatic heterocycles. The largest absolute Gasteiger partial charge is 0.462 e. The van der Waals surface area contributed by atoms with Crippen molar-refractivity contribution < 1.29 is 19.1 Å². The van der Waals surface area contributed by atoms with Crippen LogP contribution in [0.1, 0.15) is 79.1 Å². The molecule has 0 amide bonds. The second-order valence-electron chi connectivity index (χ2n) is 10.4. The number of hydrogen-bond acceptors (Lipinski definition) is 4. The molecular formula is C23H34O4. The molecule has 0 radical (unpaired) electrons. The third-order valence-corrected chi connectivity index (χ3v) is 9.20. The van der Waals surface area contributed by atoms with Gasteiger partial charge in [0.25, 0.3) is 0 Å². The number of carbonyl (C=O) groups excluding carboxylic acids is 3. The minimum atomic E-state index is -0.212. The van der Waals surface area contributed by atoms with Crippen molar-refractivity contribution in [2.75, 3.05) is 0 Å². The molecule has 0 bridgehead atoms. The maximum atomic E-state index is 12.4. The summed E-state index contributed by atoms with van der Waals surface area (Å²) in [5.41, 5.74) is 0.0212. The first-order valence-electron chi connectivity index (χ1n) is 10.9. The Bertz CT molecular complexity index is 669. The van der Waals surface area contributed by atoms with E-state index in [0.717, 1.165) is 38.5 Å². The zero-order chi connectivity index (χ0) is 19.6. The van der Waals surface area contributed by atoms with E-state index >= 15 is 0 Å². The molecule has 4 fully saturated rings. The van der Waals surface area contributed by atoms with E-state index in [1.54, 1.807) is 6.92 Å². The molecule has 4 heteroatoms. The molecule has 8 atom stereocenters. The lowest BCUT2D eigenvalue weighted by Crippen LogP contribution is -2.60. The van der Waals surface area contributed by atoms with Crippen molar-refractivity contribution in [2.24, 2.45) is 40.4 Å². The first-order chi connectivity index (χ1) is 12.7. The summed E-state index contributed by atoms with van der Waals surface area (Å²) in [5, 5.41) is 0. The van der Waals surface area contributed by atoms with Gasteiger partial charge in [0.2, 0.25) is 0 Å². The van der Waals surface area contributed by atoms with Crippen LogP contribution in [0, 0.1) is 40.4 Å². The summed E-state index contributed by atoms with van der Waals surface area (Å²) in [6, 6.07) is 0. The van der Waals surface area contributed by atoms with Gasteiger partial charge < -0.3 is 4.74 Å². The molecule has 0 heterocycles. The molecule has 4 aliphatic carbocycles. The van der Waals surface area contributed by atoms with E-state index in [1.807, 2.05) is 0 Å². The molecule has 27 heavy (non-hydrogen) atoms. The number of ether oxygens (including phenoxy) is 1. The number of carbonyl (C=O) groups is 3. The van der Waals surface area contributed by atoms with E-state index < -0.39 is 0 Å². The smallest absolute Gasteiger partial charge is 0.302 e. The van der Waals surface area contributed by atoms with Crippen molar-refractivity contribution >= 4 is 17.5 Å². The minimum Gasteiger partial charge on any atom is -0.462 e. The molecule has 0 aromatic carbocycles. The number of rotatable bonds is 2. The van der Waals surface area contributed by atoms with Gasteiger partial charge in [-0.3, -0.25) is 14.4 Å². The molecule has 4 nitrogen and oxygen atoms in total. The average Bonchev–Trinajstić information content (AvgIpc) is 2.91. The molecule has 0 saturated heterocycles. The van der Waals surface area contributed by atoms with Gasteiger partial charge in [0.1, 0.15) is 17.7 Å². The van der Waals surface area contributed by atoms with Crippen molar-refractivity contribution in [1.82, 2.24) is 0 Å². The van der Waals surface area contributed by atoms with E-state index in [1.165, 1.54) is 6.92 Å². The van der Waals surface area contributed by atoms with Gasteiger partial charge >= 0.3 is 5.97 Å². The lowest BCUT2D eigenvalue weighted by atomic mass is 9.44. The minimum absolute atomic E-state index is 0.0548. The Labute approximate surface area is 162 Å². The Kier molecular flexibility index (Phi) is 4.55. The molecule has 0 aliphatic heterocycles. The number of Topliss-reactive ketones (excluding diaryl/α,β-unsaturated/α-hetero) is 2. The van der Waals surface area contributed by atoms with Gasteiger partial charge in [0, 0.05) is 31.6 Å². The Morgan fingerprint density at radius 1 is 1.04 bits per heavy atom. The SMILES string of the molecule is CC(=O)O[C@H]1C[C@]2(C)[C@H](C(C)=O)CC[C@H]2[C@@H]2CC[C@H]3CC(=O)CC[C@]3(C)[C@H]21. The molecule has 0 N–H and O–H groups in total. The molecule has 4 aliphatic rings. The molecule has 4 saturated carbocycles. The van der Waals surface area contributed by atoms with Crippen LogP contribution in [0.4, 0.5) is 0 Å². The monoisotopic (exact) mass is 374 g/mol. The van der Waals surface area contributed by atoms with Crippen LogP contribution in [0.25, 0.3) is 0 Å². The van der Waals surface area contributed by atoms with Crippen LogP contribution in [-0.2, 0) is 19.1 Å². The van der Waals surface area contributed by atoms with Gasteiger partial charge in [-0.25, -0.2) is 0 Å². The summed E-state index contributed by atoms with van der Waals surface area (Å²) in [7, 11) is 0. The topological polar surface area (TPSA) is 60.4 Å². The van der Waals surface area contributed by atoms with E-state index in [-0.39, 0.29) is 28.8 Å². The van der Waals surface area contributed by atoms with Gasteiger partial charge in [0.15, 0.2) is 0 Å². The predicted molar refractivity (Wildman–Crippen MR) is 102 cm³/mol. The second-order valence-corrected chi connectivity index (χ2v) is 10.4. The lowest BCUT2D eigenvalue weighted by molar-refractivity contribution is -0.193. The van der Waals surface area contributed by atoms with Crippen LogP contribution in [-0.4, -0.2) is 23.6 Å². The quantitative estimate of drug-likeness (QED) is 0.675. The number of esters is 1. The predicted octanol–water partition coefficient (Wildman–Crippen LogP) is 4.35. The fourth-order valence-electron chi connectivity index (χ4n) is 8.12. The van der Waals surface area contributed by atoms with Crippen LogP contribution in [0.15, 0.2) is 0 Å². The zero-order valence-corrected chi connectivity index (χ0v) is 17.3. The highest BCUT2D eigenvalue weighted by Crippen LogP contribution is 2.67. The van der Waals surface area contributed by atoms with Gasteiger partial charge in [-0.15, -0.1) is 0 Å². The molecule has 0 unspecified atom stereocenters. The van der Waals surface area contributed by atoms with E-state index in [2.05, 4.69) is 13.8 Å². The van der Waals surface area contributed by atoms with Crippen molar-refractivity contribution in [1.29, 1.82) is 0 Å². The number of hydrogen-bond donors (Lipinski definition) is 0. The summed E-state index contributed by atoms with van der Waals surface area (Å²) < 4.78 is 5.97. The number of fused-ring (bicyclic) bond motifs is 5. The highest BCUT2D eigenvalue weighted by atomic mass is 16.5. The first kappa shape index (κ1) is 19.1. The fraction of sp³-hybridized carbons (Fsp3) is 0.870. The van der Waals surface area contributed by atoms with Gasteiger partial charge in [-0.05, 0) is 74.0 Å². The van der Waals surface area contributed by atoms with Crippen molar-refractivity contribution in [3.8, 4) is 0 Å². The number of ketones is 2. The third kappa shape index (κ3) is 2.81. The van der Waals surface area contributed by atoms with E-state index in [4.69, 9.17) is 4.74 Å². The van der Waals surface area contributed by atoms with Crippen molar-refractivity contribution in [3.63, 3.8) is 0 Å². The summed E-state index contributed by atoms with van der Waals surface area (Å²) in [5.74, 6) is 2.38. The Morgan fingerprint density at radius 2 is 1.78 bits per heavy atom. The Morgan fingerprint density at radius 3 is 2.44 bits per heavy atom. The third-order valence-electron chi connectivity index (χ3n) is 9.20. The molecular weight excluding hydrogens is 340 g/mol. The summed E-state index contributed by atoms with van der Waals surface area (Å²) >= 11 is 0. The standard InChI is InChI=1S/C23H34O4/c1-13(24)18-7-8-19-17-6-5-15-11-16(26)9-10-22(15,3)21(17)20(27-14(2)25)12-23(18,19)4/h15,17-21H,5-12H2,1-4H3/t15-,17-,18-,19-,20-,21+,22-,23+/m0/s1. The molecule has 0 spiro atoms. The van der Waals surface area contributed by atoms with Crippen LogP contribution < -0.4 is 0 Å². The average molecular weight is 375 g/mol. The van der Waals surface area contributed by atoms with Crippen molar-refractivity contribution in [3.05, 3.63) is 0 Å². The maximum Gasteiger partial charge on any atom is 0.302 e. The van der Waals surface area contributed by atoms with Crippen molar-refractivity contribution in [2.45, 2.75) is 85.2 Å². The lowest BCUT2D eigenvalue weighted by Gasteiger charge is -2.62. The highest BCUT2D eigenvalue weighted by molar-refractivity contribution is 5.80. The van der Waals surface area contributed by atoms with E-state index in [9.17, 15) is 14.4 Å². The first-order valence-corrected chi connectivity index (χ1v) is 10.9. The van der Waals surface area contributed by atoms with Crippen LogP contribution in [0.5, 0.6) is 0 Å². The Hall–Kier alpha value is -1.19. The van der Waals surface area contributed by atoms with Crippen LogP contribution >= 0.6 is 0 Å². The van der Waals surface area contributed by atoms with Crippen LogP contribution in [0.3, 0.4) is 0 Å². The summed E-state index contributed by atoms with van der Waals surface area (Å²) in [6.45, 7) is 7.88. The van der Waals surface area contributed by atoms with Crippen LogP contribution in [0.2, 0.25) is 0 Å². The maximum absolute atomic E-state index is 12.4. The normalized spacial score (nSPS) is 49.0. The van der Waals surface area contributed by atoms with Gasteiger partial charge in [0.05, 0.1) is 0 Å². The van der Waals surface area contributed by atoms with Gasteiger partial charge in [-0.2, -0.15) is 0 Å². The molecule has 4 rings (SSSR count). The summed E-state index contributed by atoms with van der Waals surface area (Å²) in [6.07, 6.45) is 7.29. The summed E-state index contributed by atoms with van der Waals surface area (Å²) in [4.78, 5) is 36.5. The molecule has 0 aromatic rings. The Balaban J connectivity index is 1.73. The molecule has 150 valence electrons. The fourth-order valence-corrected chi connectivity index (χ4v) is 8.12. The second kappa shape index (κ2) is 6.42. The van der Waals surface area contributed by atoms with E-state index in [0.29, 0.717) is 48.1 Å². The van der Waals surface area contributed by atoms with Gasteiger partial charge in [-0.1, -0.05) is 13.8 Å². The zero-order valence-electron chi connectivity index (χ0n) is 17.3.